The highest BCUT2D eigenvalue weighted by Crippen LogP contribution is 2.39. The number of fused-ring (bicyclic) bond motifs is 1. The molecule has 15 heavy (non-hydrogen) atoms. The molecular weight excluding hydrogens is 218 g/mol. The Morgan fingerprint density at radius 1 is 1.40 bits per heavy atom. The minimum atomic E-state index is -2.67. The van der Waals surface area contributed by atoms with Crippen molar-refractivity contribution in [1.82, 2.24) is 0 Å². The van der Waals surface area contributed by atoms with Gasteiger partial charge in [0, 0.05) is 15.8 Å². The second-order valence-corrected chi connectivity index (χ2v) is 4.03. The molecule has 0 saturated carbocycles. The van der Waals surface area contributed by atoms with Crippen molar-refractivity contribution >= 4 is 27.1 Å². The minimum Gasteiger partial charge on any atom is -0.398 e. The van der Waals surface area contributed by atoms with E-state index in [0.29, 0.717) is 15.8 Å². The number of alkyl halides is 2. The molecule has 1 heterocycles. The van der Waals surface area contributed by atoms with Crippen molar-refractivity contribution in [2.45, 2.75) is 6.43 Å². The number of anilines is 1. The van der Waals surface area contributed by atoms with Crippen molar-refractivity contribution < 1.29 is 8.78 Å². The van der Waals surface area contributed by atoms with Crippen molar-refractivity contribution in [1.29, 1.82) is 5.26 Å². The smallest absolute Gasteiger partial charge is 0.266 e. The summed E-state index contributed by atoms with van der Waals surface area (Å²) in [7, 11) is 0. The van der Waals surface area contributed by atoms with Crippen LogP contribution in [0.4, 0.5) is 14.5 Å². The third-order valence-corrected chi connectivity index (χ3v) is 3.18. The summed E-state index contributed by atoms with van der Waals surface area (Å²) >= 11 is 1.05. The van der Waals surface area contributed by atoms with Crippen molar-refractivity contribution in [2.75, 3.05) is 5.73 Å². The van der Waals surface area contributed by atoms with Gasteiger partial charge < -0.3 is 5.73 Å². The predicted octanol–water partition coefficient (Wildman–Crippen LogP) is 3.29. The number of nitrogens with zero attached hydrogens (tertiary/aromatic N) is 1. The summed E-state index contributed by atoms with van der Waals surface area (Å²) in [5.41, 5.74) is 5.68. The number of halogens is 2. The van der Waals surface area contributed by atoms with E-state index >= 15 is 0 Å². The molecule has 5 heteroatoms. The van der Waals surface area contributed by atoms with E-state index in [1.165, 1.54) is 0 Å². The van der Waals surface area contributed by atoms with E-state index in [4.69, 9.17) is 11.0 Å². The van der Waals surface area contributed by atoms with Crippen molar-refractivity contribution in [3.63, 3.8) is 0 Å². The fourth-order valence-electron chi connectivity index (χ4n) is 1.49. The van der Waals surface area contributed by atoms with Crippen LogP contribution in [0.15, 0.2) is 18.2 Å². The van der Waals surface area contributed by atoms with E-state index in [1.54, 1.807) is 24.3 Å². The third-order valence-electron chi connectivity index (χ3n) is 2.10. The molecule has 2 N–H and O–H groups in total. The topological polar surface area (TPSA) is 49.8 Å². The standard InChI is InChI=1S/C10H6F2N2S/c11-10(12)9-7(4-13)15-6-3-1-2-5(14)8(6)9/h1-3,10H,14H2. The highest BCUT2D eigenvalue weighted by molar-refractivity contribution is 7.19. The maximum atomic E-state index is 12.8. The van der Waals surface area contributed by atoms with Crippen LogP contribution < -0.4 is 5.73 Å². The first kappa shape index (κ1) is 9.87. The van der Waals surface area contributed by atoms with Gasteiger partial charge in [-0.05, 0) is 12.1 Å². The third kappa shape index (κ3) is 1.43. The van der Waals surface area contributed by atoms with Crippen LogP contribution in [0.2, 0.25) is 0 Å². The molecule has 1 aromatic carbocycles. The average molecular weight is 224 g/mol. The number of rotatable bonds is 1. The van der Waals surface area contributed by atoms with Crippen molar-refractivity contribution in [2.24, 2.45) is 0 Å². The number of nitrogens with two attached hydrogens (primary N) is 1. The van der Waals surface area contributed by atoms with Gasteiger partial charge in [0.25, 0.3) is 6.43 Å². The zero-order chi connectivity index (χ0) is 11.0. The Kier molecular flexibility index (Phi) is 2.29. The Balaban J connectivity index is 2.90. The quantitative estimate of drug-likeness (QED) is 0.755. The number of nitriles is 1. The summed E-state index contributed by atoms with van der Waals surface area (Å²) < 4.78 is 26.1. The van der Waals surface area contributed by atoms with Crippen LogP contribution in [0.1, 0.15) is 16.9 Å². The lowest BCUT2D eigenvalue weighted by Gasteiger charge is -2.00. The molecule has 0 aliphatic rings. The van der Waals surface area contributed by atoms with E-state index in [-0.39, 0.29) is 10.4 Å². The Morgan fingerprint density at radius 2 is 2.13 bits per heavy atom. The Labute approximate surface area is 88.5 Å². The van der Waals surface area contributed by atoms with Crippen LogP contribution >= 0.6 is 11.3 Å². The summed E-state index contributed by atoms with van der Waals surface area (Å²) in [5, 5.41) is 9.06. The fraction of sp³-hybridized carbons (Fsp3) is 0.100. The largest absolute Gasteiger partial charge is 0.398 e. The van der Waals surface area contributed by atoms with E-state index in [2.05, 4.69) is 0 Å². The highest BCUT2D eigenvalue weighted by Gasteiger charge is 2.21. The second-order valence-electron chi connectivity index (χ2n) is 2.98. The van der Waals surface area contributed by atoms with Gasteiger partial charge in [-0.1, -0.05) is 6.07 Å². The molecule has 1 aromatic heterocycles. The second kappa shape index (κ2) is 3.48. The maximum Gasteiger partial charge on any atom is 0.266 e. The summed E-state index contributed by atoms with van der Waals surface area (Å²) in [6.45, 7) is 0. The Bertz CT molecular complexity index is 554. The van der Waals surface area contributed by atoms with Gasteiger partial charge in [-0.2, -0.15) is 5.26 Å². The van der Waals surface area contributed by atoms with E-state index in [9.17, 15) is 8.78 Å². The predicted molar refractivity (Wildman–Crippen MR) is 55.9 cm³/mol. The molecule has 0 atom stereocenters. The van der Waals surface area contributed by atoms with E-state index < -0.39 is 6.43 Å². The maximum absolute atomic E-state index is 12.8. The number of thiophene rings is 1. The number of hydrogen-bond donors (Lipinski definition) is 1. The minimum absolute atomic E-state index is 0.0397. The van der Waals surface area contributed by atoms with Crippen molar-refractivity contribution in [3.8, 4) is 6.07 Å². The van der Waals surface area contributed by atoms with Gasteiger partial charge in [0.2, 0.25) is 0 Å². The monoisotopic (exact) mass is 224 g/mol. The van der Waals surface area contributed by atoms with Gasteiger partial charge in [-0.3, -0.25) is 0 Å². The molecule has 2 nitrogen and oxygen atoms in total. The summed E-state index contributed by atoms with van der Waals surface area (Å²) in [6, 6.07) is 6.70. The number of benzene rings is 1. The zero-order valence-electron chi connectivity index (χ0n) is 7.50. The molecule has 0 aliphatic carbocycles. The SMILES string of the molecule is N#Cc1sc2cccc(N)c2c1C(F)F. The zero-order valence-corrected chi connectivity index (χ0v) is 8.31. The molecule has 76 valence electrons. The molecule has 2 rings (SSSR count). The van der Waals surface area contributed by atoms with Crippen molar-refractivity contribution in [3.05, 3.63) is 28.6 Å². The summed E-state index contributed by atoms with van der Waals surface area (Å²) in [4.78, 5) is 0.0397. The van der Waals surface area contributed by atoms with Crippen LogP contribution in [0.5, 0.6) is 0 Å². The van der Waals surface area contributed by atoms with E-state index in [0.717, 1.165) is 11.3 Å². The van der Waals surface area contributed by atoms with Gasteiger partial charge in [-0.15, -0.1) is 11.3 Å². The molecule has 0 spiro atoms. The van der Waals surface area contributed by atoms with Crippen LogP contribution in [-0.4, -0.2) is 0 Å². The molecular formula is C10H6F2N2S. The molecule has 0 bridgehead atoms. The molecule has 0 saturated heterocycles. The lowest BCUT2D eigenvalue weighted by Crippen LogP contribution is -1.90. The van der Waals surface area contributed by atoms with Gasteiger partial charge in [-0.25, -0.2) is 8.78 Å². The summed E-state index contributed by atoms with van der Waals surface area (Å²) in [5.74, 6) is 0. The van der Waals surface area contributed by atoms with E-state index in [1.807, 2.05) is 0 Å². The van der Waals surface area contributed by atoms with Gasteiger partial charge in [0.15, 0.2) is 0 Å². The Hall–Kier alpha value is -1.67. The van der Waals surface area contributed by atoms with Crippen LogP contribution in [0.25, 0.3) is 10.1 Å². The molecule has 0 amide bonds. The first-order valence-corrected chi connectivity index (χ1v) is 4.96. The van der Waals surface area contributed by atoms with Crippen LogP contribution in [0, 0.1) is 11.3 Å². The normalized spacial score (nSPS) is 10.8. The average Bonchev–Trinajstić information content (AvgIpc) is 2.57. The number of hydrogen-bond acceptors (Lipinski definition) is 3. The van der Waals surface area contributed by atoms with Crippen LogP contribution in [-0.2, 0) is 0 Å². The molecule has 0 unspecified atom stereocenters. The number of nitrogen functional groups attached to an aromatic ring is 1. The highest BCUT2D eigenvalue weighted by atomic mass is 32.1. The van der Waals surface area contributed by atoms with Crippen LogP contribution in [0.3, 0.4) is 0 Å². The molecule has 0 fully saturated rings. The first-order chi connectivity index (χ1) is 7.15. The van der Waals surface area contributed by atoms with Gasteiger partial charge >= 0.3 is 0 Å². The van der Waals surface area contributed by atoms with Gasteiger partial charge in [0.05, 0.1) is 5.56 Å². The molecule has 0 radical (unpaired) electrons. The summed E-state index contributed by atoms with van der Waals surface area (Å²) in [6.07, 6.45) is -2.67. The lowest BCUT2D eigenvalue weighted by molar-refractivity contribution is 0.153. The van der Waals surface area contributed by atoms with Gasteiger partial charge in [0.1, 0.15) is 10.9 Å². The lowest BCUT2D eigenvalue weighted by atomic mass is 10.1. The first-order valence-electron chi connectivity index (χ1n) is 4.14. The molecule has 0 aliphatic heterocycles. The molecule has 2 aromatic rings. The Morgan fingerprint density at radius 3 is 2.73 bits per heavy atom. The fourth-order valence-corrected chi connectivity index (χ4v) is 2.53.